The summed E-state index contributed by atoms with van der Waals surface area (Å²) in [6.45, 7) is 15.8. The van der Waals surface area contributed by atoms with Crippen LogP contribution in [0, 0.1) is 0 Å². The van der Waals surface area contributed by atoms with Gasteiger partial charge in [0.2, 0.25) is 0 Å². The van der Waals surface area contributed by atoms with Gasteiger partial charge in [-0.2, -0.15) is 0 Å². The molecule has 3 atom stereocenters. The van der Waals surface area contributed by atoms with E-state index >= 15 is 0 Å². The zero-order chi connectivity index (χ0) is 35.4. The molecule has 2 fully saturated rings. The number of aliphatic hydroxyl groups excluding tert-OH is 1. The third-order valence-electron chi connectivity index (χ3n) is 10.5. The SMILES string of the molecule is CCC(CC)(Oc1ccc(C(C)(C)c2ccc(OCC3CO3)cc2)cc1)C(O)COc1ccc(C(C)(C)c2ccc(OCC3CO3)cc2)cc1. The quantitative estimate of drug-likeness (QED) is 0.106. The summed E-state index contributed by atoms with van der Waals surface area (Å²) in [5, 5.41) is 11.5. The third-order valence-corrected chi connectivity index (χ3v) is 10.5. The molecule has 7 nitrogen and oxygen atoms in total. The van der Waals surface area contributed by atoms with Crippen molar-refractivity contribution in [2.45, 2.75) is 89.1 Å². The second-order valence-electron chi connectivity index (χ2n) is 14.6. The summed E-state index contributed by atoms with van der Waals surface area (Å²) < 4.78 is 34.8. The fourth-order valence-corrected chi connectivity index (χ4v) is 6.38. The summed E-state index contributed by atoms with van der Waals surface area (Å²) in [5.74, 6) is 3.14. The number of hydrogen-bond donors (Lipinski definition) is 1. The average molecular weight is 681 g/mol. The number of epoxide rings is 2. The molecule has 6 rings (SSSR count). The van der Waals surface area contributed by atoms with Gasteiger partial charge in [0.15, 0.2) is 0 Å². The Morgan fingerprint density at radius 3 is 1.20 bits per heavy atom. The normalized spacial score (nSPS) is 17.9. The fraction of sp³-hybridized carbons (Fsp3) is 0.442. The molecule has 0 aliphatic carbocycles. The van der Waals surface area contributed by atoms with Crippen LogP contribution >= 0.6 is 0 Å². The fourth-order valence-electron chi connectivity index (χ4n) is 6.38. The molecule has 0 amide bonds. The van der Waals surface area contributed by atoms with E-state index in [2.05, 4.69) is 76.2 Å². The molecule has 2 aliphatic rings. The van der Waals surface area contributed by atoms with Crippen molar-refractivity contribution in [1.29, 1.82) is 0 Å². The minimum absolute atomic E-state index is 0.121. The second kappa shape index (κ2) is 15.1. The lowest BCUT2D eigenvalue weighted by molar-refractivity contribution is -0.0770. The summed E-state index contributed by atoms with van der Waals surface area (Å²) in [5.41, 5.74) is 3.52. The molecule has 0 aromatic heterocycles. The number of ether oxygens (including phenoxy) is 6. The lowest BCUT2D eigenvalue weighted by Crippen LogP contribution is -2.49. The summed E-state index contributed by atoms with van der Waals surface area (Å²) in [6, 6.07) is 32.9. The van der Waals surface area contributed by atoms with Crippen LogP contribution < -0.4 is 18.9 Å². The molecular formula is C43H52O7. The molecule has 2 aliphatic heterocycles. The van der Waals surface area contributed by atoms with Crippen LogP contribution in [0.5, 0.6) is 23.0 Å². The molecule has 1 N–H and O–H groups in total. The molecule has 50 heavy (non-hydrogen) atoms. The van der Waals surface area contributed by atoms with E-state index in [-0.39, 0.29) is 29.6 Å². The largest absolute Gasteiger partial charge is 0.491 e. The molecule has 0 spiro atoms. The van der Waals surface area contributed by atoms with Crippen molar-refractivity contribution in [1.82, 2.24) is 0 Å². The minimum atomic E-state index is -0.829. The van der Waals surface area contributed by atoms with Crippen LogP contribution in [-0.4, -0.2) is 62.1 Å². The van der Waals surface area contributed by atoms with E-state index in [1.807, 2.05) is 62.4 Å². The van der Waals surface area contributed by atoms with Crippen molar-refractivity contribution >= 4 is 0 Å². The topological polar surface area (TPSA) is 82.2 Å². The highest BCUT2D eigenvalue weighted by atomic mass is 16.6. The van der Waals surface area contributed by atoms with Crippen molar-refractivity contribution in [3.8, 4) is 23.0 Å². The highest BCUT2D eigenvalue weighted by molar-refractivity contribution is 5.43. The van der Waals surface area contributed by atoms with Gasteiger partial charge in [-0.05, 0) is 83.6 Å². The number of aliphatic hydroxyl groups is 1. The number of benzene rings is 4. The van der Waals surface area contributed by atoms with Crippen molar-refractivity contribution in [3.05, 3.63) is 119 Å². The van der Waals surface area contributed by atoms with Crippen LogP contribution in [0.2, 0.25) is 0 Å². The van der Waals surface area contributed by atoms with E-state index in [1.54, 1.807) is 0 Å². The van der Waals surface area contributed by atoms with Crippen LogP contribution in [0.3, 0.4) is 0 Å². The summed E-state index contributed by atoms with van der Waals surface area (Å²) >= 11 is 0. The first kappa shape index (κ1) is 35.8. The Hall–Kier alpha value is -4.04. The average Bonchev–Trinajstić information content (AvgIpc) is 4.08. The Kier molecular flexibility index (Phi) is 10.8. The van der Waals surface area contributed by atoms with Crippen molar-refractivity contribution in [2.24, 2.45) is 0 Å². The first-order valence-corrected chi connectivity index (χ1v) is 17.9. The van der Waals surface area contributed by atoms with E-state index in [0.717, 1.165) is 30.5 Å². The maximum absolute atomic E-state index is 11.5. The molecule has 266 valence electrons. The molecule has 0 bridgehead atoms. The van der Waals surface area contributed by atoms with E-state index in [0.29, 0.717) is 31.8 Å². The molecule has 7 heteroatoms. The van der Waals surface area contributed by atoms with Gasteiger partial charge < -0.3 is 33.5 Å². The minimum Gasteiger partial charge on any atom is -0.491 e. The summed E-state index contributed by atoms with van der Waals surface area (Å²) in [7, 11) is 0. The van der Waals surface area contributed by atoms with Gasteiger partial charge in [-0.15, -0.1) is 0 Å². The van der Waals surface area contributed by atoms with Crippen molar-refractivity contribution < 1.29 is 33.5 Å². The Bertz CT molecular complexity index is 1650. The predicted octanol–water partition coefficient (Wildman–Crippen LogP) is 8.27. The first-order chi connectivity index (χ1) is 24.0. The van der Waals surface area contributed by atoms with Crippen LogP contribution in [-0.2, 0) is 20.3 Å². The molecule has 4 aromatic carbocycles. The molecular weight excluding hydrogens is 628 g/mol. The van der Waals surface area contributed by atoms with Gasteiger partial charge in [-0.3, -0.25) is 0 Å². The van der Waals surface area contributed by atoms with E-state index in [4.69, 9.17) is 28.4 Å². The van der Waals surface area contributed by atoms with Gasteiger partial charge in [0, 0.05) is 10.8 Å². The Balaban J connectivity index is 1.04. The van der Waals surface area contributed by atoms with Gasteiger partial charge in [0.1, 0.15) is 66.7 Å². The highest BCUT2D eigenvalue weighted by Crippen LogP contribution is 2.36. The molecule has 2 saturated heterocycles. The molecule has 4 aromatic rings. The van der Waals surface area contributed by atoms with Gasteiger partial charge in [-0.1, -0.05) is 90.1 Å². The number of hydrogen-bond acceptors (Lipinski definition) is 7. The van der Waals surface area contributed by atoms with Gasteiger partial charge >= 0.3 is 0 Å². The van der Waals surface area contributed by atoms with Crippen LogP contribution in [0.4, 0.5) is 0 Å². The van der Waals surface area contributed by atoms with E-state index < -0.39 is 11.7 Å². The van der Waals surface area contributed by atoms with Gasteiger partial charge in [0.25, 0.3) is 0 Å². The third kappa shape index (κ3) is 8.45. The van der Waals surface area contributed by atoms with Crippen LogP contribution in [0.15, 0.2) is 97.1 Å². The summed E-state index contributed by atoms with van der Waals surface area (Å²) in [6.07, 6.45) is 0.909. The van der Waals surface area contributed by atoms with E-state index in [9.17, 15) is 5.11 Å². The Labute approximate surface area is 297 Å². The maximum Gasteiger partial charge on any atom is 0.138 e. The monoisotopic (exact) mass is 680 g/mol. The van der Waals surface area contributed by atoms with Gasteiger partial charge in [-0.25, -0.2) is 0 Å². The first-order valence-electron chi connectivity index (χ1n) is 17.9. The smallest absolute Gasteiger partial charge is 0.138 e. The van der Waals surface area contributed by atoms with Gasteiger partial charge in [0.05, 0.1) is 13.2 Å². The van der Waals surface area contributed by atoms with Crippen LogP contribution in [0.1, 0.15) is 76.6 Å². The second-order valence-corrected chi connectivity index (χ2v) is 14.6. The molecule has 0 radical (unpaired) electrons. The lowest BCUT2D eigenvalue weighted by atomic mass is 9.78. The summed E-state index contributed by atoms with van der Waals surface area (Å²) in [4.78, 5) is 0. The maximum atomic E-state index is 11.5. The van der Waals surface area contributed by atoms with E-state index in [1.165, 1.54) is 22.3 Å². The molecule has 0 saturated carbocycles. The van der Waals surface area contributed by atoms with Crippen LogP contribution in [0.25, 0.3) is 0 Å². The standard InChI is InChI=1S/C43H52O7/c1-7-43(8-2,50-37-23-15-33(16-24-37)42(5,6)31-11-19-35(20-12-31)46-26-39-28-48-39)40(44)29-49-36-21-13-32(14-22-36)41(3,4)30-9-17-34(18-10-30)45-25-38-27-47-38/h9-24,38-40,44H,7-8,25-29H2,1-6H3. The zero-order valence-electron chi connectivity index (χ0n) is 30.3. The highest BCUT2D eigenvalue weighted by Gasteiger charge is 2.38. The molecule has 3 unspecified atom stereocenters. The Morgan fingerprint density at radius 1 is 0.560 bits per heavy atom. The zero-order valence-corrected chi connectivity index (χ0v) is 30.3. The number of rotatable bonds is 18. The molecule has 2 heterocycles. The Morgan fingerprint density at radius 2 is 0.880 bits per heavy atom. The van der Waals surface area contributed by atoms with Crippen molar-refractivity contribution in [2.75, 3.05) is 33.0 Å². The van der Waals surface area contributed by atoms with Crippen molar-refractivity contribution in [3.63, 3.8) is 0 Å². The predicted molar refractivity (Wildman–Crippen MR) is 196 cm³/mol. The lowest BCUT2D eigenvalue weighted by Gasteiger charge is -2.37.